The van der Waals surface area contributed by atoms with E-state index in [1.54, 1.807) is 13.0 Å². The zero-order valence-electron chi connectivity index (χ0n) is 22.8. The van der Waals surface area contributed by atoms with Crippen LogP contribution in [0, 0.1) is 28.6 Å². The predicted octanol–water partition coefficient (Wildman–Crippen LogP) is -0.174. The number of fused-ring (bicyclic) bond motifs is 5. The summed E-state index contributed by atoms with van der Waals surface area (Å²) in [5.41, 5.74) is -3.17. The molecule has 4 saturated carbocycles. The quantitative estimate of drug-likeness (QED) is 0.268. The summed E-state index contributed by atoms with van der Waals surface area (Å²) in [4.78, 5) is 25.6. The highest BCUT2D eigenvalue weighted by Gasteiger charge is 2.74. The van der Waals surface area contributed by atoms with Gasteiger partial charge in [0, 0.05) is 17.9 Å². The van der Waals surface area contributed by atoms with E-state index in [0.717, 1.165) is 0 Å². The van der Waals surface area contributed by atoms with Crippen LogP contribution >= 0.6 is 0 Å². The maximum absolute atomic E-state index is 14.1. The lowest BCUT2D eigenvalue weighted by Gasteiger charge is -2.64. The summed E-state index contributed by atoms with van der Waals surface area (Å²) < 4.78 is 16.4. The minimum Gasteiger partial charge on any atom is -0.431 e. The van der Waals surface area contributed by atoms with Crippen molar-refractivity contribution < 1.29 is 49.3 Å². The van der Waals surface area contributed by atoms with Gasteiger partial charge in [0.25, 0.3) is 0 Å². The number of hydrogen-bond donors (Lipinski definition) is 6. The number of ether oxygens (including phenoxy) is 2. The Morgan fingerprint density at radius 2 is 1.62 bits per heavy atom. The molecule has 5 aliphatic rings. The van der Waals surface area contributed by atoms with Crippen LogP contribution in [-0.4, -0.2) is 91.5 Å². The molecule has 0 spiro atoms. The van der Waals surface area contributed by atoms with Crippen LogP contribution < -0.4 is 5.63 Å². The molecule has 11 nitrogen and oxygen atoms in total. The first-order valence-electron chi connectivity index (χ1n) is 14.4. The highest BCUT2D eigenvalue weighted by atomic mass is 16.7. The molecule has 0 unspecified atom stereocenters. The van der Waals surface area contributed by atoms with Crippen LogP contribution in [0.15, 0.2) is 27.6 Å². The van der Waals surface area contributed by atoms with Gasteiger partial charge in [-0.05, 0) is 74.3 Å². The second-order valence-corrected chi connectivity index (χ2v) is 13.2. The zero-order valence-corrected chi connectivity index (χ0v) is 22.8. The van der Waals surface area contributed by atoms with Gasteiger partial charge in [0.15, 0.2) is 12.1 Å². The van der Waals surface area contributed by atoms with Gasteiger partial charge in [0.1, 0.15) is 24.4 Å². The lowest BCUT2D eigenvalue weighted by molar-refractivity contribution is -0.305. The molecule has 4 aliphatic carbocycles. The van der Waals surface area contributed by atoms with E-state index in [9.17, 15) is 40.2 Å². The summed E-state index contributed by atoms with van der Waals surface area (Å²) in [6, 6.07) is 2.93. The Hall–Kier alpha value is -1.70. The maximum Gasteiger partial charge on any atom is 0.335 e. The summed E-state index contributed by atoms with van der Waals surface area (Å²) in [5, 5.41) is 65.6. The van der Waals surface area contributed by atoms with Gasteiger partial charge in [0.2, 0.25) is 0 Å². The van der Waals surface area contributed by atoms with Crippen LogP contribution in [0.1, 0.15) is 63.9 Å². The Balaban J connectivity index is 1.26. The van der Waals surface area contributed by atoms with Crippen LogP contribution in [0.3, 0.4) is 0 Å². The second kappa shape index (κ2) is 9.67. The molecule has 6 N–H and O–H groups in total. The summed E-state index contributed by atoms with van der Waals surface area (Å²) in [6.45, 7) is 3.49. The molecule has 0 amide bonds. The van der Waals surface area contributed by atoms with Gasteiger partial charge in [-0.3, -0.25) is 4.79 Å². The molecule has 5 fully saturated rings. The van der Waals surface area contributed by atoms with Crippen molar-refractivity contribution in [3.05, 3.63) is 34.4 Å². The first-order chi connectivity index (χ1) is 18.8. The van der Waals surface area contributed by atoms with E-state index in [4.69, 9.17) is 13.9 Å². The van der Waals surface area contributed by atoms with E-state index in [0.29, 0.717) is 44.1 Å². The fraction of sp³-hybridized carbons (Fsp3) is 0.793. The maximum atomic E-state index is 14.1. The summed E-state index contributed by atoms with van der Waals surface area (Å²) >= 11 is 0. The van der Waals surface area contributed by atoms with Gasteiger partial charge in [-0.2, -0.15) is 0 Å². The molecule has 0 aromatic carbocycles. The van der Waals surface area contributed by atoms with Crippen molar-refractivity contribution in [3.8, 4) is 0 Å². The van der Waals surface area contributed by atoms with Crippen molar-refractivity contribution in [2.75, 3.05) is 6.61 Å². The fourth-order valence-corrected chi connectivity index (χ4v) is 9.42. The van der Waals surface area contributed by atoms with Crippen molar-refractivity contribution in [1.82, 2.24) is 0 Å². The largest absolute Gasteiger partial charge is 0.431 e. The normalized spacial score (nSPS) is 52.5. The molecular weight excluding hydrogens is 524 g/mol. The Bertz CT molecular complexity index is 1180. The molecule has 1 saturated heterocycles. The van der Waals surface area contributed by atoms with Gasteiger partial charge < -0.3 is 44.5 Å². The molecule has 0 bridgehead atoms. The fourth-order valence-electron chi connectivity index (χ4n) is 9.42. The number of carbonyl (C=O) groups excluding carboxylic acids is 1. The topological polar surface area (TPSA) is 187 Å². The SMILES string of the molecule is C[C@]12CC[C@@H](O[C@@H]3OC[C@@H](O)[C@H](O)[C@H]3O)[C@@H](O)[C@@H]1CC[C@@H]1[C@@H]2[C@H](O)C(=O)[C@]2(C)[C@@H](c3ccc(=O)oc3)CC[C@]12O. The van der Waals surface area contributed by atoms with Crippen molar-refractivity contribution >= 4 is 5.78 Å². The molecule has 14 atom stereocenters. The first-order valence-corrected chi connectivity index (χ1v) is 14.4. The molecule has 1 aromatic rings. The average Bonchev–Trinajstić information content (AvgIpc) is 3.21. The molecule has 222 valence electrons. The summed E-state index contributed by atoms with van der Waals surface area (Å²) in [5.74, 6) is -2.14. The Labute approximate surface area is 231 Å². The third kappa shape index (κ3) is 3.79. The summed E-state index contributed by atoms with van der Waals surface area (Å²) in [7, 11) is 0. The lowest BCUT2D eigenvalue weighted by Crippen LogP contribution is -2.71. The number of hydrogen-bond acceptors (Lipinski definition) is 11. The highest BCUT2D eigenvalue weighted by molar-refractivity contribution is 5.93. The van der Waals surface area contributed by atoms with Gasteiger partial charge in [-0.1, -0.05) is 6.92 Å². The van der Waals surface area contributed by atoms with Gasteiger partial charge in [-0.15, -0.1) is 0 Å². The van der Waals surface area contributed by atoms with Crippen LogP contribution in [-0.2, 0) is 14.3 Å². The van der Waals surface area contributed by atoms with E-state index < -0.39 is 82.6 Å². The van der Waals surface area contributed by atoms with Crippen molar-refractivity contribution in [3.63, 3.8) is 0 Å². The van der Waals surface area contributed by atoms with Crippen molar-refractivity contribution in [2.45, 2.75) is 107 Å². The van der Waals surface area contributed by atoms with Gasteiger partial charge >= 0.3 is 5.63 Å². The molecule has 40 heavy (non-hydrogen) atoms. The Morgan fingerprint density at radius 3 is 2.33 bits per heavy atom. The Kier molecular flexibility index (Phi) is 6.87. The van der Waals surface area contributed by atoms with Crippen LogP contribution in [0.25, 0.3) is 0 Å². The summed E-state index contributed by atoms with van der Waals surface area (Å²) in [6.07, 6.45) is -4.29. The molecular formula is C29H40O11. The third-order valence-corrected chi connectivity index (χ3v) is 11.6. The Morgan fingerprint density at radius 1 is 0.900 bits per heavy atom. The highest BCUT2D eigenvalue weighted by Crippen LogP contribution is 2.69. The van der Waals surface area contributed by atoms with E-state index >= 15 is 0 Å². The number of Topliss-reactive ketones (excluding diaryl/α,β-unsaturated/α-hetero) is 1. The zero-order chi connectivity index (χ0) is 28.8. The third-order valence-electron chi connectivity index (χ3n) is 11.6. The van der Waals surface area contributed by atoms with E-state index in [1.807, 2.05) is 6.92 Å². The number of aliphatic hydroxyl groups is 6. The predicted molar refractivity (Wildman–Crippen MR) is 137 cm³/mol. The minimum absolute atomic E-state index is 0.210. The monoisotopic (exact) mass is 564 g/mol. The van der Waals surface area contributed by atoms with E-state index in [-0.39, 0.29) is 18.4 Å². The average molecular weight is 565 g/mol. The van der Waals surface area contributed by atoms with Crippen LogP contribution in [0.5, 0.6) is 0 Å². The molecule has 6 rings (SSSR count). The van der Waals surface area contributed by atoms with Gasteiger partial charge in [-0.25, -0.2) is 4.79 Å². The molecule has 1 aliphatic heterocycles. The van der Waals surface area contributed by atoms with Crippen LogP contribution in [0.2, 0.25) is 0 Å². The number of ketones is 1. The van der Waals surface area contributed by atoms with E-state index in [2.05, 4.69) is 0 Å². The van der Waals surface area contributed by atoms with E-state index in [1.165, 1.54) is 12.3 Å². The smallest absolute Gasteiger partial charge is 0.335 e. The molecule has 0 radical (unpaired) electrons. The second-order valence-electron chi connectivity index (χ2n) is 13.2. The number of carbonyl (C=O) groups is 1. The van der Waals surface area contributed by atoms with Crippen molar-refractivity contribution in [2.24, 2.45) is 28.6 Å². The minimum atomic E-state index is -1.47. The number of aliphatic hydroxyl groups excluding tert-OH is 5. The van der Waals surface area contributed by atoms with Crippen molar-refractivity contribution in [1.29, 1.82) is 0 Å². The van der Waals surface area contributed by atoms with Gasteiger partial charge in [0.05, 0.1) is 36.1 Å². The molecule has 2 heterocycles. The molecule has 11 heteroatoms. The number of rotatable bonds is 3. The first kappa shape index (κ1) is 28.4. The lowest BCUT2D eigenvalue weighted by atomic mass is 9.41. The standard InChI is InChI=1S/C29H40O11/c1-27-9-8-18(40-26-24(35)22(33)17(30)12-39-26)21(32)16(27)5-4-15-20(27)23(34)25(36)28(2)14(7-10-29(15,28)37)13-3-6-19(31)38-11-13/h3,6,11,14-18,20-24,26,30,32-35,37H,4-5,7-10,12H2,1-2H3/t14-,15-,16+,17-,18-,20-,21+,22+,23+,24-,26+,27+,28+,29+/m1/s1. The van der Waals surface area contributed by atoms with Crippen LogP contribution in [0.4, 0.5) is 0 Å². The molecule has 1 aromatic heterocycles.